The number of nitrogens with one attached hydrogen (secondary N) is 1. The molecule has 2 aliphatic rings. The third kappa shape index (κ3) is 4.35. The SMILES string of the molecule is COC1CN(c2cc3c4nc(nc3cc2F)C(C)CCOc2c(cccc2C(F)(F)F)[C@@H](C)N4)C1. The van der Waals surface area contributed by atoms with Gasteiger partial charge in [0.1, 0.15) is 23.2 Å². The fourth-order valence-corrected chi connectivity index (χ4v) is 4.54. The molecule has 2 bridgehead atoms. The molecule has 10 heteroatoms. The minimum atomic E-state index is -4.55. The van der Waals surface area contributed by atoms with Crippen LogP contribution in [0.4, 0.5) is 29.1 Å². The third-order valence-electron chi connectivity index (χ3n) is 6.71. The molecule has 35 heavy (non-hydrogen) atoms. The van der Waals surface area contributed by atoms with Gasteiger partial charge in [0.05, 0.1) is 35.5 Å². The maximum atomic E-state index is 15.0. The molecule has 2 atom stereocenters. The average Bonchev–Trinajstić information content (AvgIpc) is 2.79. The number of nitrogens with zero attached hydrogens (tertiary/aromatic N) is 3. The Labute approximate surface area is 200 Å². The normalized spacial score (nSPS) is 20.9. The summed E-state index contributed by atoms with van der Waals surface area (Å²) in [5.41, 5.74) is 0.410. The summed E-state index contributed by atoms with van der Waals surface area (Å²) < 4.78 is 67.3. The van der Waals surface area contributed by atoms with Gasteiger partial charge >= 0.3 is 6.18 Å². The topological polar surface area (TPSA) is 59.5 Å². The number of hydrogen-bond acceptors (Lipinski definition) is 6. The number of rotatable bonds is 2. The van der Waals surface area contributed by atoms with Gasteiger partial charge in [0.2, 0.25) is 0 Å². The molecule has 0 amide bonds. The van der Waals surface area contributed by atoms with Crippen LogP contribution < -0.4 is 15.0 Å². The minimum absolute atomic E-state index is 0.0446. The molecule has 1 unspecified atom stereocenters. The summed E-state index contributed by atoms with van der Waals surface area (Å²) in [4.78, 5) is 11.2. The molecule has 1 fully saturated rings. The van der Waals surface area contributed by atoms with E-state index in [0.717, 1.165) is 6.07 Å². The highest BCUT2D eigenvalue weighted by Gasteiger charge is 2.36. The lowest BCUT2D eigenvalue weighted by Gasteiger charge is -2.40. The first-order valence-corrected chi connectivity index (χ1v) is 11.5. The first-order chi connectivity index (χ1) is 16.7. The van der Waals surface area contributed by atoms with E-state index in [9.17, 15) is 13.2 Å². The maximum absolute atomic E-state index is 15.0. The lowest BCUT2D eigenvalue weighted by Crippen LogP contribution is -2.52. The van der Waals surface area contributed by atoms with Gasteiger partial charge in [-0.1, -0.05) is 19.1 Å². The van der Waals surface area contributed by atoms with E-state index in [4.69, 9.17) is 14.5 Å². The number of alkyl halides is 3. The van der Waals surface area contributed by atoms with Gasteiger partial charge in [0.25, 0.3) is 0 Å². The van der Waals surface area contributed by atoms with Crippen molar-refractivity contribution in [3.8, 4) is 5.75 Å². The summed E-state index contributed by atoms with van der Waals surface area (Å²) in [6.45, 7) is 4.83. The highest BCUT2D eigenvalue weighted by molar-refractivity contribution is 5.92. The van der Waals surface area contributed by atoms with Crippen LogP contribution in [0.5, 0.6) is 5.75 Å². The molecule has 0 radical (unpaired) electrons. The van der Waals surface area contributed by atoms with Gasteiger partial charge in [-0.3, -0.25) is 0 Å². The van der Waals surface area contributed by atoms with Crippen molar-refractivity contribution in [2.75, 3.05) is 37.0 Å². The largest absolute Gasteiger partial charge is 0.493 e. The number of methoxy groups -OCH3 is 1. The molecule has 1 saturated heterocycles. The van der Waals surface area contributed by atoms with Gasteiger partial charge in [-0.15, -0.1) is 0 Å². The molecule has 0 spiro atoms. The maximum Gasteiger partial charge on any atom is 0.419 e. The van der Waals surface area contributed by atoms with Crippen molar-refractivity contribution in [1.29, 1.82) is 0 Å². The molecule has 3 heterocycles. The van der Waals surface area contributed by atoms with Crippen molar-refractivity contribution in [2.24, 2.45) is 0 Å². The van der Waals surface area contributed by atoms with Crippen LogP contribution in [0.3, 0.4) is 0 Å². The van der Waals surface area contributed by atoms with Crippen LogP contribution in [0, 0.1) is 5.82 Å². The fraction of sp³-hybridized carbons (Fsp3) is 0.440. The molecule has 0 saturated carbocycles. The number of ether oxygens (including phenoxy) is 2. The van der Waals surface area contributed by atoms with Crippen LogP contribution in [-0.2, 0) is 10.9 Å². The van der Waals surface area contributed by atoms with Gasteiger partial charge in [-0.25, -0.2) is 14.4 Å². The Kier molecular flexibility index (Phi) is 5.94. The number of fused-ring (bicyclic) bond motifs is 5. The van der Waals surface area contributed by atoms with Crippen molar-refractivity contribution >= 4 is 22.4 Å². The summed E-state index contributed by atoms with van der Waals surface area (Å²) in [6, 6.07) is 6.54. The molecule has 1 N–H and O–H groups in total. The van der Waals surface area contributed by atoms with E-state index < -0.39 is 23.6 Å². The Balaban J connectivity index is 1.62. The molecule has 0 aliphatic carbocycles. The van der Waals surface area contributed by atoms with Crippen molar-refractivity contribution in [1.82, 2.24) is 9.97 Å². The number of aromatic nitrogens is 2. The van der Waals surface area contributed by atoms with E-state index in [2.05, 4.69) is 10.3 Å². The summed E-state index contributed by atoms with van der Waals surface area (Å²) in [5, 5.41) is 3.85. The molecule has 1 aromatic heterocycles. The summed E-state index contributed by atoms with van der Waals surface area (Å²) in [5.74, 6) is 0.136. The highest BCUT2D eigenvalue weighted by atomic mass is 19.4. The molecule has 186 valence electrons. The van der Waals surface area contributed by atoms with Gasteiger partial charge in [-0.05, 0) is 25.5 Å². The minimum Gasteiger partial charge on any atom is -0.493 e. The molecule has 3 aromatic rings. The summed E-state index contributed by atoms with van der Waals surface area (Å²) in [7, 11) is 1.62. The van der Waals surface area contributed by atoms with E-state index in [1.54, 1.807) is 26.2 Å². The van der Waals surface area contributed by atoms with Crippen molar-refractivity contribution in [2.45, 2.75) is 44.5 Å². The smallest absolute Gasteiger partial charge is 0.419 e. The van der Waals surface area contributed by atoms with Gasteiger partial charge in [0.15, 0.2) is 0 Å². The number of benzene rings is 2. The Morgan fingerprint density at radius 3 is 2.63 bits per heavy atom. The van der Waals surface area contributed by atoms with E-state index >= 15 is 4.39 Å². The van der Waals surface area contributed by atoms with Gasteiger partial charge in [-0.2, -0.15) is 13.2 Å². The zero-order valence-electron chi connectivity index (χ0n) is 19.6. The number of anilines is 2. The zero-order chi connectivity index (χ0) is 24.9. The average molecular weight is 491 g/mol. The predicted molar refractivity (Wildman–Crippen MR) is 125 cm³/mol. The van der Waals surface area contributed by atoms with E-state index in [0.29, 0.717) is 53.3 Å². The molecule has 2 aromatic carbocycles. The number of halogens is 4. The second kappa shape index (κ2) is 8.82. The quantitative estimate of drug-likeness (QED) is 0.467. The van der Waals surface area contributed by atoms with Crippen LogP contribution in [0.25, 0.3) is 10.9 Å². The van der Waals surface area contributed by atoms with Crippen LogP contribution in [-0.4, -0.2) is 42.9 Å². The van der Waals surface area contributed by atoms with Crippen LogP contribution in [0.2, 0.25) is 0 Å². The van der Waals surface area contributed by atoms with E-state index in [-0.39, 0.29) is 24.4 Å². The molecular formula is C25H26F4N4O2. The Morgan fingerprint density at radius 1 is 1.14 bits per heavy atom. The Morgan fingerprint density at radius 2 is 1.91 bits per heavy atom. The van der Waals surface area contributed by atoms with E-state index in [1.807, 2.05) is 11.8 Å². The predicted octanol–water partition coefficient (Wildman–Crippen LogP) is 5.68. The Bertz CT molecular complexity index is 1260. The van der Waals surface area contributed by atoms with Crippen LogP contribution in [0.15, 0.2) is 30.3 Å². The lowest BCUT2D eigenvalue weighted by molar-refractivity contribution is -0.139. The van der Waals surface area contributed by atoms with Crippen molar-refractivity contribution in [3.05, 3.63) is 53.1 Å². The third-order valence-corrected chi connectivity index (χ3v) is 6.71. The number of hydrogen-bond donors (Lipinski definition) is 1. The number of para-hydroxylation sites is 1. The monoisotopic (exact) mass is 490 g/mol. The zero-order valence-corrected chi connectivity index (χ0v) is 19.6. The standard InChI is InChI=1S/C25H26F4N4O2/c1-13-7-8-35-22-16(5-4-6-18(22)25(27,28)29)14(2)30-24-17-9-21(33-11-15(12-33)34-3)19(26)10-20(17)31-23(13)32-24/h4-6,9-10,13-15H,7-8,11-12H2,1-3H3,(H,30,31,32)/t13?,14-/m1/s1. The highest BCUT2D eigenvalue weighted by Crippen LogP contribution is 2.42. The van der Waals surface area contributed by atoms with Crippen LogP contribution in [0.1, 0.15) is 49.2 Å². The van der Waals surface area contributed by atoms with Gasteiger partial charge < -0.3 is 19.7 Å². The molecule has 6 nitrogen and oxygen atoms in total. The lowest BCUT2D eigenvalue weighted by atomic mass is 10.0. The molecule has 2 aliphatic heterocycles. The second-order valence-electron chi connectivity index (χ2n) is 9.14. The second-order valence-corrected chi connectivity index (χ2v) is 9.14. The van der Waals surface area contributed by atoms with Gasteiger partial charge in [0, 0.05) is 43.1 Å². The van der Waals surface area contributed by atoms with Crippen molar-refractivity contribution < 1.29 is 27.0 Å². The summed E-state index contributed by atoms with van der Waals surface area (Å²) >= 11 is 0. The van der Waals surface area contributed by atoms with E-state index in [1.165, 1.54) is 12.1 Å². The van der Waals surface area contributed by atoms with Crippen LogP contribution >= 0.6 is 0 Å². The fourth-order valence-electron chi connectivity index (χ4n) is 4.54. The summed E-state index contributed by atoms with van der Waals surface area (Å²) in [6.07, 6.45) is -4.11. The molecular weight excluding hydrogens is 464 g/mol. The Hall–Kier alpha value is -3.14. The first kappa shape index (κ1) is 23.6. The first-order valence-electron chi connectivity index (χ1n) is 11.5. The van der Waals surface area contributed by atoms with Crippen molar-refractivity contribution in [3.63, 3.8) is 0 Å². The molecule has 5 rings (SSSR count).